The molecule has 0 fully saturated rings. The van der Waals surface area contributed by atoms with Gasteiger partial charge in [0.05, 0.1) is 12.5 Å². The standard InChI is InChI=1S/C14H21NO3/c1-10(2)12(16)7-8-15-14(18)9-11-5-3-4-6-13(11)17/h3-6,10,12,16-17H,7-9H2,1-2H3,(H,15,18). The molecule has 1 aromatic carbocycles. The molecular weight excluding hydrogens is 230 g/mol. The van der Waals surface area contributed by atoms with Crippen molar-refractivity contribution < 1.29 is 15.0 Å². The van der Waals surface area contributed by atoms with Crippen LogP contribution in [0.2, 0.25) is 0 Å². The second-order valence-electron chi connectivity index (χ2n) is 4.76. The van der Waals surface area contributed by atoms with Crippen LogP contribution in [0.1, 0.15) is 25.8 Å². The van der Waals surface area contributed by atoms with Gasteiger partial charge in [-0.1, -0.05) is 32.0 Å². The first-order valence-electron chi connectivity index (χ1n) is 6.22. The number of aliphatic hydroxyl groups excluding tert-OH is 1. The molecule has 3 N–H and O–H groups in total. The maximum Gasteiger partial charge on any atom is 0.224 e. The monoisotopic (exact) mass is 251 g/mol. The summed E-state index contributed by atoms with van der Waals surface area (Å²) < 4.78 is 0. The summed E-state index contributed by atoms with van der Waals surface area (Å²) in [6.07, 6.45) is 0.310. The van der Waals surface area contributed by atoms with Crippen molar-refractivity contribution in [2.45, 2.75) is 32.8 Å². The molecule has 0 aromatic heterocycles. The fraction of sp³-hybridized carbons (Fsp3) is 0.500. The third-order valence-electron chi connectivity index (χ3n) is 2.87. The van der Waals surface area contributed by atoms with Gasteiger partial charge in [-0.05, 0) is 18.4 Å². The number of aromatic hydroxyl groups is 1. The lowest BCUT2D eigenvalue weighted by molar-refractivity contribution is -0.120. The minimum absolute atomic E-state index is 0.134. The van der Waals surface area contributed by atoms with Crippen LogP contribution in [0.15, 0.2) is 24.3 Å². The van der Waals surface area contributed by atoms with Crippen molar-refractivity contribution in [2.75, 3.05) is 6.54 Å². The number of phenols is 1. The van der Waals surface area contributed by atoms with E-state index in [1.54, 1.807) is 24.3 Å². The van der Waals surface area contributed by atoms with Gasteiger partial charge in [-0.15, -0.1) is 0 Å². The highest BCUT2D eigenvalue weighted by molar-refractivity contribution is 5.79. The molecule has 1 atom stereocenters. The lowest BCUT2D eigenvalue weighted by Crippen LogP contribution is -2.29. The maximum atomic E-state index is 11.6. The number of nitrogens with one attached hydrogen (secondary N) is 1. The fourth-order valence-corrected chi connectivity index (χ4v) is 1.59. The van der Waals surface area contributed by atoms with Crippen molar-refractivity contribution >= 4 is 5.91 Å². The highest BCUT2D eigenvalue weighted by Gasteiger charge is 2.10. The van der Waals surface area contributed by atoms with Gasteiger partial charge in [0.25, 0.3) is 0 Å². The largest absolute Gasteiger partial charge is 0.508 e. The van der Waals surface area contributed by atoms with Crippen LogP contribution in [-0.4, -0.2) is 28.8 Å². The molecule has 0 spiro atoms. The Labute approximate surface area is 108 Å². The van der Waals surface area contributed by atoms with Gasteiger partial charge in [-0.25, -0.2) is 0 Å². The number of hydrogen-bond acceptors (Lipinski definition) is 3. The number of para-hydroxylation sites is 1. The molecule has 18 heavy (non-hydrogen) atoms. The predicted molar refractivity (Wildman–Crippen MR) is 70.3 cm³/mol. The highest BCUT2D eigenvalue weighted by Crippen LogP contribution is 2.15. The number of rotatable bonds is 6. The van der Waals surface area contributed by atoms with Gasteiger partial charge in [0.15, 0.2) is 0 Å². The van der Waals surface area contributed by atoms with Gasteiger partial charge >= 0.3 is 0 Å². The number of benzene rings is 1. The molecule has 1 rings (SSSR count). The minimum atomic E-state index is -0.393. The zero-order chi connectivity index (χ0) is 13.5. The Morgan fingerprint density at radius 3 is 2.61 bits per heavy atom. The number of carbonyl (C=O) groups is 1. The van der Waals surface area contributed by atoms with Crippen molar-refractivity contribution in [3.63, 3.8) is 0 Å². The zero-order valence-corrected chi connectivity index (χ0v) is 10.9. The Balaban J connectivity index is 2.33. The SMILES string of the molecule is CC(C)C(O)CCNC(=O)Cc1ccccc1O. The third kappa shape index (κ3) is 4.75. The normalized spacial score (nSPS) is 12.4. The Bertz CT molecular complexity index is 390. The number of carbonyl (C=O) groups excluding carboxylic acids is 1. The van der Waals surface area contributed by atoms with Crippen LogP contribution >= 0.6 is 0 Å². The minimum Gasteiger partial charge on any atom is -0.508 e. The molecule has 0 radical (unpaired) electrons. The van der Waals surface area contributed by atoms with Crippen molar-refractivity contribution in [3.8, 4) is 5.75 Å². The van der Waals surface area contributed by atoms with Crippen LogP contribution in [0, 0.1) is 5.92 Å². The van der Waals surface area contributed by atoms with Gasteiger partial charge in [-0.2, -0.15) is 0 Å². The van der Waals surface area contributed by atoms with Crippen molar-refractivity contribution in [1.82, 2.24) is 5.32 Å². The number of amides is 1. The molecule has 0 saturated carbocycles. The van der Waals surface area contributed by atoms with E-state index in [-0.39, 0.29) is 24.0 Å². The molecule has 0 aliphatic carbocycles. The Kier molecular flexibility index (Phi) is 5.65. The Hall–Kier alpha value is -1.55. The molecule has 0 bridgehead atoms. The van der Waals surface area contributed by atoms with E-state index >= 15 is 0 Å². The molecule has 4 heteroatoms. The van der Waals surface area contributed by atoms with E-state index in [0.717, 1.165) is 0 Å². The van der Waals surface area contributed by atoms with Crippen molar-refractivity contribution in [1.29, 1.82) is 0 Å². The number of hydrogen-bond donors (Lipinski definition) is 3. The first-order valence-corrected chi connectivity index (χ1v) is 6.22. The molecule has 100 valence electrons. The molecule has 1 unspecified atom stereocenters. The van der Waals surface area contributed by atoms with Crippen LogP contribution in [0.25, 0.3) is 0 Å². The summed E-state index contributed by atoms with van der Waals surface area (Å²) in [7, 11) is 0. The van der Waals surface area contributed by atoms with Gasteiger partial charge in [0, 0.05) is 12.1 Å². The average molecular weight is 251 g/mol. The van der Waals surface area contributed by atoms with Crippen LogP contribution in [0.5, 0.6) is 5.75 Å². The van der Waals surface area contributed by atoms with E-state index in [2.05, 4.69) is 5.32 Å². The summed E-state index contributed by atoms with van der Waals surface area (Å²) in [4.78, 5) is 11.6. The molecule has 0 aliphatic rings. The van der Waals surface area contributed by atoms with E-state index in [1.807, 2.05) is 13.8 Å². The smallest absolute Gasteiger partial charge is 0.224 e. The summed E-state index contributed by atoms with van der Waals surface area (Å²) in [6.45, 7) is 4.33. The first kappa shape index (κ1) is 14.5. The second-order valence-corrected chi connectivity index (χ2v) is 4.76. The third-order valence-corrected chi connectivity index (χ3v) is 2.87. The van der Waals surface area contributed by atoms with E-state index in [9.17, 15) is 15.0 Å². The fourth-order valence-electron chi connectivity index (χ4n) is 1.59. The summed E-state index contributed by atoms with van der Waals surface area (Å²) in [6, 6.07) is 6.78. The molecule has 0 aliphatic heterocycles. The van der Waals surface area contributed by atoms with Crippen LogP contribution in [0.4, 0.5) is 0 Å². The first-order chi connectivity index (χ1) is 8.50. The van der Waals surface area contributed by atoms with Gasteiger partial charge in [0.1, 0.15) is 5.75 Å². The maximum absolute atomic E-state index is 11.6. The summed E-state index contributed by atoms with van der Waals surface area (Å²) in [5.74, 6) is 0.183. The molecule has 4 nitrogen and oxygen atoms in total. The number of aliphatic hydroxyl groups is 1. The van der Waals surface area contributed by atoms with E-state index in [1.165, 1.54) is 0 Å². The molecule has 1 amide bonds. The number of phenolic OH excluding ortho intramolecular Hbond substituents is 1. The average Bonchev–Trinajstić information content (AvgIpc) is 2.32. The van der Waals surface area contributed by atoms with Gasteiger partial charge < -0.3 is 15.5 Å². The van der Waals surface area contributed by atoms with Crippen LogP contribution in [-0.2, 0) is 11.2 Å². The van der Waals surface area contributed by atoms with Crippen molar-refractivity contribution in [3.05, 3.63) is 29.8 Å². The summed E-state index contributed by atoms with van der Waals surface area (Å²) in [5.41, 5.74) is 0.611. The molecule has 0 heterocycles. The quantitative estimate of drug-likeness (QED) is 0.717. The lowest BCUT2D eigenvalue weighted by Gasteiger charge is -2.14. The predicted octanol–water partition coefficient (Wildman–Crippen LogP) is 1.46. The van der Waals surface area contributed by atoms with Crippen molar-refractivity contribution in [2.24, 2.45) is 5.92 Å². The Morgan fingerprint density at radius 2 is 2.00 bits per heavy atom. The van der Waals surface area contributed by atoms with E-state index in [0.29, 0.717) is 18.5 Å². The molecule has 1 aromatic rings. The summed E-state index contributed by atoms with van der Waals surface area (Å²) in [5, 5.41) is 21.8. The van der Waals surface area contributed by atoms with Crippen LogP contribution < -0.4 is 5.32 Å². The van der Waals surface area contributed by atoms with E-state index < -0.39 is 6.10 Å². The second kappa shape index (κ2) is 7.01. The summed E-state index contributed by atoms with van der Waals surface area (Å²) >= 11 is 0. The van der Waals surface area contributed by atoms with Crippen LogP contribution in [0.3, 0.4) is 0 Å². The van der Waals surface area contributed by atoms with Gasteiger partial charge in [-0.3, -0.25) is 4.79 Å². The van der Waals surface area contributed by atoms with E-state index in [4.69, 9.17) is 0 Å². The Morgan fingerprint density at radius 1 is 1.33 bits per heavy atom. The molecule has 0 saturated heterocycles. The lowest BCUT2D eigenvalue weighted by atomic mass is 10.0. The molecular formula is C14H21NO3. The zero-order valence-electron chi connectivity index (χ0n) is 10.9. The highest BCUT2D eigenvalue weighted by atomic mass is 16.3. The topological polar surface area (TPSA) is 69.6 Å². The van der Waals surface area contributed by atoms with Gasteiger partial charge in [0.2, 0.25) is 5.91 Å².